The van der Waals surface area contributed by atoms with Gasteiger partial charge in [0.1, 0.15) is 0 Å². The average Bonchev–Trinajstić information content (AvgIpc) is 3.54. The second-order valence-corrected chi connectivity index (χ2v) is 22.5. The summed E-state index contributed by atoms with van der Waals surface area (Å²) in [5.41, 5.74) is 25.0. The van der Waals surface area contributed by atoms with E-state index in [0.29, 0.717) is 0 Å². The summed E-state index contributed by atoms with van der Waals surface area (Å²) in [5, 5.41) is 0. The molecule has 0 bridgehead atoms. The van der Waals surface area contributed by atoms with E-state index in [1.807, 2.05) is 12.3 Å². The van der Waals surface area contributed by atoms with Gasteiger partial charge < -0.3 is 14.7 Å². The fraction of sp³-hybridized carbons (Fsp3) is 0.254. The van der Waals surface area contributed by atoms with Crippen LogP contribution in [0.25, 0.3) is 11.3 Å². The Balaban J connectivity index is 1.11. The molecule has 1 aliphatic carbocycles. The Bertz CT molecular complexity index is 3340. The number of aryl methyl sites for hydroxylation is 3. The van der Waals surface area contributed by atoms with Gasteiger partial charge in [-0.2, -0.15) is 0 Å². The second-order valence-electron chi connectivity index (χ2n) is 22.5. The summed E-state index contributed by atoms with van der Waals surface area (Å²) in [4.78, 5) is 12.7. The molecule has 0 saturated heterocycles. The second kappa shape index (κ2) is 14.8. The van der Waals surface area contributed by atoms with Crippen LogP contribution in [0.5, 0.6) is 0 Å². The van der Waals surface area contributed by atoms with Crippen molar-refractivity contribution in [2.45, 2.75) is 104 Å². The Kier molecular flexibility index (Phi) is 9.27. The Hall–Kier alpha value is -6.85. The van der Waals surface area contributed by atoms with Crippen LogP contribution in [0.15, 0.2) is 164 Å². The van der Waals surface area contributed by atoms with Crippen LogP contribution in [-0.4, -0.2) is 11.7 Å². The number of para-hydroxylation sites is 1. The molecule has 0 amide bonds. The third-order valence-corrected chi connectivity index (χ3v) is 16.4. The third-order valence-electron chi connectivity index (χ3n) is 16.4. The molecule has 0 radical (unpaired) electrons. The summed E-state index contributed by atoms with van der Waals surface area (Å²) < 4.78 is 0. The van der Waals surface area contributed by atoms with E-state index in [4.69, 9.17) is 4.98 Å². The minimum atomic E-state index is -0.366. The molecule has 2 unspecified atom stereocenters. The van der Waals surface area contributed by atoms with E-state index in [9.17, 15) is 0 Å². The van der Waals surface area contributed by atoms with Gasteiger partial charge in [-0.1, -0.05) is 133 Å². The molecule has 8 aromatic rings. The van der Waals surface area contributed by atoms with E-state index < -0.39 is 0 Å². The van der Waals surface area contributed by atoms with Crippen LogP contribution >= 0.6 is 0 Å². The zero-order valence-electron chi connectivity index (χ0n) is 41.4. The summed E-state index contributed by atoms with van der Waals surface area (Å²) in [6.45, 7) is 23.5. The molecule has 7 aromatic carbocycles. The first-order valence-corrected chi connectivity index (χ1v) is 24.7. The topological polar surface area (TPSA) is 22.6 Å². The lowest BCUT2D eigenvalue weighted by Gasteiger charge is -2.51. The molecule has 4 aliphatic rings. The molecule has 1 aromatic heterocycles. The maximum Gasteiger partial charge on any atom is 0.252 e. The van der Waals surface area contributed by atoms with Gasteiger partial charge >= 0.3 is 0 Å². The first-order valence-electron chi connectivity index (χ1n) is 24.7. The molecule has 5 heteroatoms. The lowest BCUT2D eigenvalue weighted by molar-refractivity contribution is 0.245. The van der Waals surface area contributed by atoms with Crippen molar-refractivity contribution >= 4 is 68.6 Å². The lowest BCUT2D eigenvalue weighted by Crippen LogP contribution is -2.61. The van der Waals surface area contributed by atoms with Gasteiger partial charge in [0.2, 0.25) is 0 Å². The molecule has 12 rings (SSSR count). The van der Waals surface area contributed by atoms with E-state index in [1.165, 1.54) is 101 Å². The minimum Gasteiger partial charge on any atom is -0.330 e. The van der Waals surface area contributed by atoms with Crippen molar-refractivity contribution in [3.63, 3.8) is 0 Å². The van der Waals surface area contributed by atoms with Crippen LogP contribution in [0.3, 0.4) is 0 Å². The number of fused-ring (bicyclic) bond motifs is 9. The molecule has 336 valence electrons. The van der Waals surface area contributed by atoms with Crippen molar-refractivity contribution in [3.8, 4) is 11.3 Å². The van der Waals surface area contributed by atoms with E-state index in [0.717, 1.165) is 24.1 Å². The van der Waals surface area contributed by atoms with Gasteiger partial charge in [0, 0.05) is 62.7 Å². The Labute approximate surface area is 404 Å². The summed E-state index contributed by atoms with van der Waals surface area (Å²) in [7, 11) is 0. The van der Waals surface area contributed by atoms with Crippen molar-refractivity contribution in [1.29, 1.82) is 0 Å². The molecule has 2 atom stereocenters. The minimum absolute atomic E-state index is 0.0272. The van der Waals surface area contributed by atoms with Crippen LogP contribution in [0.4, 0.5) is 45.5 Å². The van der Waals surface area contributed by atoms with E-state index in [-0.39, 0.29) is 28.5 Å². The van der Waals surface area contributed by atoms with Crippen molar-refractivity contribution in [2.24, 2.45) is 0 Å². The molecule has 0 spiro atoms. The largest absolute Gasteiger partial charge is 0.330 e. The van der Waals surface area contributed by atoms with Crippen LogP contribution in [-0.2, 0) is 28.2 Å². The zero-order valence-corrected chi connectivity index (χ0v) is 41.4. The molecular formula is C63H61BN4. The maximum absolute atomic E-state index is 4.82. The van der Waals surface area contributed by atoms with Gasteiger partial charge in [-0.05, 0) is 173 Å². The van der Waals surface area contributed by atoms with Crippen molar-refractivity contribution < 1.29 is 0 Å². The lowest BCUT2D eigenvalue weighted by atomic mass is 9.33. The summed E-state index contributed by atoms with van der Waals surface area (Å²) in [6, 6.07) is 60.6. The quantitative estimate of drug-likeness (QED) is 0.164. The van der Waals surface area contributed by atoms with Gasteiger partial charge in [0.15, 0.2) is 0 Å². The first-order chi connectivity index (χ1) is 32.6. The molecule has 3 aliphatic heterocycles. The van der Waals surface area contributed by atoms with Gasteiger partial charge in [0.25, 0.3) is 6.71 Å². The van der Waals surface area contributed by atoms with Crippen LogP contribution in [0, 0.1) is 13.8 Å². The predicted molar refractivity (Wildman–Crippen MR) is 289 cm³/mol. The molecule has 4 heterocycles. The normalized spacial score (nSPS) is 18.9. The standard InChI is InChI=1S/C63H61BN4/c1-40-35-57-59-58(36-40)67(53-31-25-45(37-41(53)2)61(6,7)8)55-21-14-13-19-50(55)64(59)51-29-28-47(39-56(51)66(57)46-26-23-44(24-27-46)60(3,4)5)68-54-30-22-43(52-20-15-16-34-65-52)38-49(54)62(9)33-32-42-17-11-12-18-48(42)63(62,68)10/h11-31,34-39H,32-33H2,1-10H3. The first kappa shape index (κ1) is 42.5. The molecule has 4 nitrogen and oxygen atoms in total. The smallest absolute Gasteiger partial charge is 0.252 e. The van der Waals surface area contributed by atoms with Gasteiger partial charge in [-0.25, -0.2) is 0 Å². The monoisotopic (exact) mass is 884 g/mol. The average molecular weight is 885 g/mol. The van der Waals surface area contributed by atoms with Gasteiger partial charge in [-0.15, -0.1) is 0 Å². The fourth-order valence-corrected chi connectivity index (χ4v) is 12.6. The Morgan fingerprint density at radius 2 is 1.19 bits per heavy atom. The molecular weight excluding hydrogens is 824 g/mol. The highest BCUT2D eigenvalue weighted by atomic mass is 15.3. The number of hydrogen-bond acceptors (Lipinski definition) is 4. The SMILES string of the molecule is Cc1cc2c3c(c1)N(c1ccc(C(C)(C)C)cc1C)c1ccccc1B3c1ccc(N3c4ccc(-c5ccccn5)cc4C4(C)CCc5ccccc5C34C)cc1N2c1ccc(C(C)(C)C)cc1. The number of benzene rings is 7. The summed E-state index contributed by atoms with van der Waals surface area (Å²) in [5.74, 6) is 0. The van der Waals surface area contributed by atoms with Crippen molar-refractivity contribution in [1.82, 2.24) is 4.98 Å². The molecule has 0 N–H and O–H groups in total. The number of aromatic nitrogens is 1. The van der Waals surface area contributed by atoms with Crippen molar-refractivity contribution in [3.05, 3.63) is 203 Å². The highest BCUT2D eigenvalue weighted by Gasteiger charge is 2.60. The number of anilines is 8. The number of nitrogens with zero attached hydrogens (tertiary/aromatic N) is 4. The highest BCUT2D eigenvalue weighted by molar-refractivity contribution is 7.00. The predicted octanol–water partition coefficient (Wildman–Crippen LogP) is 14.3. The fourth-order valence-electron chi connectivity index (χ4n) is 12.6. The molecule has 0 saturated carbocycles. The Morgan fingerprint density at radius 1 is 0.529 bits per heavy atom. The summed E-state index contributed by atoms with van der Waals surface area (Å²) >= 11 is 0. The van der Waals surface area contributed by atoms with E-state index >= 15 is 0 Å². The summed E-state index contributed by atoms with van der Waals surface area (Å²) in [6.07, 6.45) is 4.00. The van der Waals surface area contributed by atoms with Gasteiger partial charge in [0.05, 0.1) is 11.2 Å². The van der Waals surface area contributed by atoms with Crippen molar-refractivity contribution in [2.75, 3.05) is 14.7 Å². The molecule has 0 fully saturated rings. The number of hydrogen-bond donors (Lipinski definition) is 0. The maximum atomic E-state index is 4.82. The molecule has 68 heavy (non-hydrogen) atoms. The van der Waals surface area contributed by atoms with Crippen LogP contribution in [0.1, 0.15) is 101 Å². The van der Waals surface area contributed by atoms with Crippen LogP contribution in [0.2, 0.25) is 0 Å². The van der Waals surface area contributed by atoms with Crippen LogP contribution < -0.4 is 31.1 Å². The van der Waals surface area contributed by atoms with E-state index in [2.05, 4.69) is 236 Å². The third kappa shape index (κ3) is 6.10. The zero-order chi connectivity index (χ0) is 47.1. The number of pyridine rings is 1. The van der Waals surface area contributed by atoms with Gasteiger partial charge in [-0.3, -0.25) is 4.98 Å². The van der Waals surface area contributed by atoms with E-state index in [1.54, 1.807) is 0 Å². The Morgan fingerprint density at radius 3 is 1.93 bits per heavy atom. The highest BCUT2D eigenvalue weighted by Crippen LogP contribution is 2.64. The number of rotatable bonds is 4.